The van der Waals surface area contributed by atoms with Crippen LogP contribution in [-0.4, -0.2) is 25.0 Å². The molecule has 15 heavy (non-hydrogen) atoms. The molecule has 2 rings (SSSR count). The second-order valence-electron chi connectivity index (χ2n) is 3.20. The van der Waals surface area contributed by atoms with Crippen molar-refractivity contribution in [3.8, 4) is 0 Å². The molecule has 0 aliphatic rings. The number of hydrazine groups is 1. The predicted octanol–water partition coefficient (Wildman–Crippen LogP) is 0.307. The van der Waals surface area contributed by atoms with Crippen LogP contribution >= 0.6 is 0 Å². The van der Waals surface area contributed by atoms with Crippen molar-refractivity contribution in [3.05, 3.63) is 6.33 Å². The molecule has 0 spiro atoms. The molecule has 0 aromatic carbocycles. The number of anilines is 1. The summed E-state index contributed by atoms with van der Waals surface area (Å²) in [6.07, 6.45) is 3.60. The van der Waals surface area contributed by atoms with Crippen LogP contribution in [0.1, 0.15) is 19.8 Å². The minimum absolute atomic E-state index is 0.503. The van der Waals surface area contributed by atoms with Crippen molar-refractivity contribution >= 4 is 17.0 Å². The third kappa shape index (κ3) is 1.73. The predicted molar refractivity (Wildman–Crippen MR) is 55.8 cm³/mol. The van der Waals surface area contributed by atoms with Gasteiger partial charge in [0.2, 0.25) is 0 Å². The van der Waals surface area contributed by atoms with E-state index in [9.17, 15) is 0 Å². The van der Waals surface area contributed by atoms with E-state index in [-0.39, 0.29) is 0 Å². The Hall–Kier alpha value is -1.76. The van der Waals surface area contributed by atoms with Crippen molar-refractivity contribution in [1.82, 2.24) is 25.0 Å². The molecule has 0 amide bonds. The number of nitrogens with two attached hydrogens (primary N) is 1. The number of fused-ring (bicyclic) bond motifs is 1. The average molecular weight is 207 g/mol. The van der Waals surface area contributed by atoms with E-state index >= 15 is 0 Å². The number of rotatable bonds is 4. The summed E-state index contributed by atoms with van der Waals surface area (Å²) in [4.78, 5) is 8.09. The number of nitrogens with one attached hydrogen (secondary N) is 1. The summed E-state index contributed by atoms with van der Waals surface area (Å²) in [6, 6.07) is 0. The monoisotopic (exact) mass is 207 g/mol. The maximum Gasteiger partial charge on any atom is 0.183 e. The van der Waals surface area contributed by atoms with E-state index in [2.05, 4.69) is 32.6 Å². The number of aryl methyl sites for hydroxylation is 1. The first-order valence-electron chi connectivity index (χ1n) is 4.87. The first-order valence-corrected chi connectivity index (χ1v) is 4.87. The second-order valence-corrected chi connectivity index (χ2v) is 3.20. The molecule has 0 aliphatic carbocycles. The zero-order chi connectivity index (χ0) is 10.7. The number of hydrogen-bond acceptors (Lipinski definition) is 6. The number of nitrogens with zero attached hydrogens (tertiary/aromatic N) is 5. The van der Waals surface area contributed by atoms with Gasteiger partial charge >= 0.3 is 0 Å². The van der Waals surface area contributed by atoms with Crippen molar-refractivity contribution < 1.29 is 0 Å². The number of aromatic nitrogens is 5. The van der Waals surface area contributed by atoms with Gasteiger partial charge in [-0.05, 0) is 6.42 Å². The molecule has 7 nitrogen and oxygen atoms in total. The molecule has 0 bridgehead atoms. The van der Waals surface area contributed by atoms with Crippen LogP contribution in [0.15, 0.2) is 6.33 Å². The van der Waals surface area contributed by atoms with Crippen LogP contribution in [-0.2, 0) is 6.54 Å². The lowest BCUT2D eigenvalue weighted by molar-refractivity contribution is 0.564. The molecular formula is C8H13N7. The highest BCUT2D eigenvalue weighted by Gasteiger charge is 2.09. The molecule has 0 atom stereocenters. The molecule has 7 heteroatoms. The fraction of sp³-hybridized carbons (Fsp3) is 0.500. The molecule has 0 saturated carbocycles. The summed E-state index contributed by atoms with van der Waals surface area (Å²) in [6.45, 7) is 2.94. The van der Waals surface area contributed by atoms with Crippen molar-refractivity contribution in [2.75, 3.05) is 5.43 Å². The second kappa shape index (κ2) is 4.18. The van der Waals surface area contributed by atoms with Crippen LogP contribution < -0.4 is 11.3 Å². The topological polar surface area (TPSA) is 94.5 Å². The Labute approximate surface area is 86.7 Å². The van der Waals surface area contributed by atoms with Crippen molar-refractivity contribution in [2.45, 2.75) is 26.3 Å². The molecule has 2 heterocycles. The van der Waals surface area contributed by atoms with Crippen LogP contribution in [0.5, 0.6) is 0 Å². The highest BCUT2D eigenvalue weighted by molar-refractivity contribution is 5.81. The molecule has 2 aromatic heterocycles. The third-order valence-electron chi connectivity index (χ3n) is 2.16. The van der Waals surface area contributed by atoms with Gasteiger partial charge in [0, 0.05) is 6.54 Å². The van der Waals surface area contributed by atoms with E-state index in [4.69, 9.17) is 5.84 Å². The lowest BCUT2D eigenvalue weighted by Gasteiger charge is -2.00. The highest BCUT2D eigenvalue weighted by atomic mass is 15.4. The largest absolute Gasteiger partial charge is 0.306 e. The normalized spacial score (nSPS) is 10.8. The molecule has 80 valence electrons. The fourth-order valence-electron chi connectivity index (χ4n) is 1.36. The molecule has 0 saturated heterocycles. The third-order valence-corrected chi connectivity index (χ3v) is 2.16. The SMILES string of the molecule is CCCCn1nnc2c(NN)ncnc21. The van der Waals surface area contributed by atoms with Gasteiger partial charge in [-0.25, -0.2) is 20.5 Å². The van der Waals surface area contributed by atoms with Crippen molar-refractivity contribution in [3.63, 3.8) is 0 Å². The summed E-state index contributed by atoms with van der Waals surface area (Å²) in [5.41, 5.74) is 3.79. The maximum atomic E-state index is 5.31. The zero-order valence-corrected chi connectivity index (χ0v) is 8.51. The molecule has 3 N–H and O–H groups in total. The van der Waals surface area contributed by atoms with E-state index in [1.54, 1.807) is 4.68 Å². The molecule has 0 fully saturated rings. The minimum Gasteiger partial charge on any atom is -0.306 e. The minimum atomic E-state index is 0.503. The molecule has 0 aliphatic heterocycles. The zero-order valence-electron chi connectivity index (χ0n) is 8.51. The van der Waals surface area contributed by atoms with Crippen LogP contribution in [0.2, 0.25) is 0 Å². The first kappa shape index (κ1) is 9.78. The van der Waals surface area contributed by atoms with Crippen molar-refractivity contribution in [2.24, 2.45) is 5.84 Å². The summed E-state index contributed by atoms with van der Waals surface area (Å²) < 4.78 is 1.77. The van der Waals surface area contributed by atoms with Gasteiger partial charge in [-0.15, -0.1) is 5.10 Å². The molecule has 0 radical (unpaired) electrons. The van der Waals surface area contributed by atoms with Gasteiger partial charge in [-0.3, -0.25) is 0 Å². The van der Waals surface area contributed by atoms with Gasteiger partial charge in [0.1, 0.15) is 6.33 Å². The lowest BCUT2D eigenvalue weighted by atomic mass is 10.3. The van der Waals surface area contributed by atoms with E-state index in [0.29, 0.717) is 17.0 Å². The van der Waals surface area contributed by atoms with E-state index in [0.717, 1.165) is 19.4 Å². The Kier molecular flexibility index (Phi) is 2.72. The molecule has 2 aromatic rings. The average Bonchev–Trinajstić information content (AvgIpc) is 2.69. The Morgan fingerprint density at radius 3 is 3.07 bits per heavy atom. The van der Waals surface area contributed by atoms with Gasteiger partial charge < -0.3 is 5.43 Å². The first-order chi connectivity index (χ1) is 7.36. The number of nitrogen functional groups attached to an aromatic ring is 1. The van der Waals surface area contributed by atoms with E-state index < -0.39 is 0 Å². The quantitative estimate of drug-likeness (QED) is 0.553. The summed E-state index contributed by atoms with van der Waals surface area (Å²) in [7, 11) is 0. The lowest BCUT2D eigenvalue weighted by Crippen LogP contribution is -2.09. The van der Waals surface area contributed by atoms with Crippen LogP contribution in [0.4, 0.5) is 5.82 Å². The summed E-state index contributed by atoms with van der Waals surface area (Å²) >= 11 is 0. The number of unbranched alkanes of at least 4 members (excludes halogenated alkanes) is 1. The van der Waals surface area contributed by atoms with Crippen LogP contribution in [0, 0.1) is 0 Å². The molecular weight excluding hydrogens is 194 g/mol. The van der Waals surface area contributed by atoms with Gasteiger partial charge in [-0.1, -0.05) is 18.6 Å². The Bertz CT molecular complexity index is 449. The van der Waals surface area contributed by atoms with Crippen LogP contribution in [0.25, 0.3) is 11.2 Å². The Morgan fingerprint density at radius 1 is 1.47 bits per heavy atom. The van der Waals surface area contributed by atoms with Gasteiger partial charge in [0.15, 0.2) is 17.0 Å². The standard InChI is InChI=1S/C8H13N7/c1-2-3-4-15-8-6(13-14-15)7(12-9)10-5-11-8/h5H,2-4,9H2,1H3,(H,10,11,12). The smallest absolute Gasteiger partial charge is 0.183 e. The van der Waals surface area contributed by atoms with Gasteiger partial charge in [-0.2, -0.15) is 0 Å². The Morgan fingerprint density at radius 2 is 2.33 bits per heavy atom. The van der Waals surface area contributed by atoms with Gasteiger partial charge in [0.05, 0.1) is 0 Å². The van der Waals surface area contributed by atoms with Crippen LogP contribution in [0.3, 0.4) is 0 Å². The van der Waals surface area contributed by atoms with E-state index in [1.165, 1.54) is 6.33 Å². The summed E-state index contributed by atoms with van der Waals surface area (Å²) in [5, 5.41) is 8.00. The summed E-state index contributed by atoms with van der Waals surface area (Å²) in [5.74, 6) is 5.81. The number of hydrogen-bond donors (Lipinski definition) is 2. The van der Waals surface area contributed by atoms with E-state index in [1.807, 2.05) is 0 Å². The highest BCUT2D eigenvalue weighted by Crippen LogP contribution is 2.14. The Balaban J connectivity index is 2.42. The van der Waals surface area contributed by atoms with Crippen molar-refractivity contribution in [1.29, 1.82) is 0 Å². The van der Waals surface area contributed by atoms with Gasteiger partial charge in [0.25, 0.3) is 0 Å². The fourth-order valence-corrected chi connectivity index (χ4v) is 1.36. The molecule has 0 unspecified atom stereocenters. The maximum absolute atomic E-state index is 5.31.